The molecule has 1 amide bonds. The van der Waals surface area contributed by atoms with Crippen LogP contribution in [0.3, 0.4) is 0 Å². The van der Waals surface area contributed by atoms with Gasteiger partial charge in [0.2, 0.25) is 11.1 Å². The fraction of sp³-hybridized carbons (Fsp3) is 0.500. The van der Waals surface area contributed by atoms with Crippen molar-refractivity contribution < 1.29 is 22.7 Å². The Morgan fingerprint density at radius 1 is 1.33 bits per heavy atom. The van der Waals surface area contributed by atoms with E-state index in [2.05, 4.69) is 27.2 Å². The van der Waals surface area contributed by atoms with E-state index in [4.69, 9.17) is 0 Å². The summed E-state index contributed by atoms with van der Waals surface area (Å²) in [5.41, 5.74) is 0.469. The first-order chi connectivity index (χ1) is 12.8. The van der Waals surface area contributed by atoms with E-state index in [1.54, 1.807) is 0 Å². The summed E-state index contributed by atoms with van der Waals surface area (Å²) in [6, 6.07) is 5.18. The van der Waals surface area contributed by atoms with Crippen LogP contribution in [0.15, 0.2) is 29.4 Å². The van der Waals surface area contributed by atoms with Crippen LogP contribution < -0.4 is 4.74 Å². The molecule has 1 aliphatic heterocycles. The average molecular weight is 401 g/mol. The van der Waals surface area contributed by atoms with Crippen molar-refractivity contribution in [1.82, 2.24) is 25.1 Å². The maximum Gasteiger partial charge on any atom is 0.573 e. The van der Waals surface area contributed by atoms with Gasteiger partial charge in [-0.05, 0) is 53.5 Å². The maximum atomic E-state index is 12.4. The minimum absolute atomic E-state index is 0.0232. The lowest BCUT2D eigenvalue weighted by Gasteiger charge is -2.30. The summed E-state index contributed by atoms with van der Waals surface area (Å²) < 4.78 is 41.9. The fourth-order valence-corrected chi connectivity index (χ4v) is 3.65. The van der Waals surface area contributed by atoms with Crippen LogP contribution >= 0.6 is 11.8 Å². The molecule has 0 saturated carbocycles. The number of hydrogen-bond acceptors (Lipinski definition) is 6. The topological polar surface area (TPSA) is 73.1 Å². The van der Waals surface area contributed by atoms with E-state index in [1.807, 2.05) is 4.90 Å². The van der Waals surface area contributed by atoms with Crippen molar-refractivity contribution in [2.24, 2.45) is 5.92 Å². The van der Waals surface area contributed by atoms with Crippen LogP contribution in [-0.2, 0) is 4.79 Å². The first-order valence-corrected chi connectivity index (χ1v) is 9.35. The molecule has 0 bridgehead atoms. The number of carbonyl (C=O) groups excluding carboxylic acids is 1. The third-order valence-electron chi connectivity index (χ3n) is 4.09. The number of carbonyl (C=O) groups is 1. The molecule has 2 aromatic rings. The molecule has 2 heterocycles. The van der Waals surface area contributed by atoms with Crippen LogP contribution in [0.1, 0.15) is 19.8 Å². The summed E-state index contributed by atoms with van der Waals surface area (Å²) in [5.74, 6) is 0.385. The summed E-state index contributed by atoms with van der Waals surface area (Å²) in [7, 11) is 0. The van der Waals surface area contributed by atoms with Gasteiger partial charge in [0, 0.05) is 13.1 Å². The summed E-state index contributed by atoms with van der Waals surface area (Å²) in [5, 5.41) is 11.7. The number of halogens is 3. The highest BCUT2D eigenvalue weighted by Gasteiger charge is 2.31. The molecule has 1 aliphatic rings. The number of alkyl halides is 3. The number of thioether (sulfide) groups is 1. The smallest absolute Gasteiger partial charge is 0.406 e. The van der Waals surface area contributed by atoms with Gasteiger partial charge in [0.15, 0.2) is 0 Å². The second kappa shape index (κ2) is 8.15. The zero-order valence-electron chi connectivity index (χ0n) is 14.5. The minimum atomic E-state index is -4.75. The molecule has 27 heavy (non-hydrogen) atoms. The summed E-state index contributed by atoms with van der Waals surface area (Å²) in [4.78, 5) is 14.2. The van der Waals surface area contributed by atoms with Gasteiger partial charge >= 0.3 is 6.36 Å². The van der Waals surface area contributed by atoms with Gasteiger partial charge < -0.3 is 9.64 Å². The second-order valence-corrected chi connectivity index (χ2v) is 7.23. The van der Waals surface area contributed by atoms with Gasteiger partial charge in [-0.3, -0.25) is 4.79 Å². The Morgan fingerprint density at radius 3 is 2.74 bits per heavy atom. The lowest BCUT2D eigenvalue weighted by molar-refractivity contribution is -0.274. The fourth-order valence-electron chi connectivity index (χ4n) is 2.85. The van der Waals surface area contributed by atoms with E-state index in [0.29, 0.717) is 16.8 Å². The van der Waals surface area contributed by atoms with Crippen molar-refractivity contribution in [2.75, 3.05) is 18.8 Å². The molecule has 0 radical (unpaired) electrons. The molecule has 0 spiro atoms. The lowest BCUT2D eigenvalue weighted by atomic mass is 10.0. The summed E-state index contributed by atoms with van der Waals surface area (Å²) in [6.07, 6.45) is -2.62. The zero-order chi connectivity index (χ0) is 19.4. The van der Waals surface area contributed by atoms with Gasteiger partial charge in [-0.2, -0.15) is 4.68 Å². The number of aromatic nitrogens is 4. The van der Waals surface area contributed by atoms with Crippen LogP contribution in [0.5, 0.6) is 5.75 Å². The molecule has 3 rings (SSSR count). The molecule has 0 unspecified atom stereocenters. The number of amides is 1. The normalized spacial score (nSPS) is 17.8. The molecular formula is C16H18F3N5O2S. The van der Waals surface area contributed by atoms with E-state index in [0.717, 1.165) is 25.9 Å². The molecule has 1 saturated heterocycles. The molecule has 0 N–H and O–H groups in total. The standard InChI is InChI=1S/C16H18F3N5O2S/c1-11-3-2-8-23(9-11)14(25)10-27-15-20-21-22-24(15)12-4-6-13(7-5-12)26-16(17,18)19/h4-7,11H,2-3,8-10H2,1H3/t11-/m1/s1. The van der Waals surface area contributed by atoms with E-state index in [9.17, 15) is 18.0 Å². The third kappa shape index (κ3) is 5.34. The molecule has 11 heteroatoms. The van der Waals surface area contributed by atoms with Gasteiger partial charge in [0.25, 0.3) is 0 Å². The number of likely N-dealkylation sites (tertiary alicyclic amines) is 1. The van der Waals surface area contributed by atoms with E-state index < -0.39 is 6.36 Å². The Kier molecular flexibility index (Phi) is 5.88. The Hall–Kier alpha value is -2.30. The number of hydrogen-bond donors (Lipinski definition) is 0. The molecule has 1 atom stereocenters. The largest absolute Gasteiger partial charge is 0.573 e. The number of ether oxygens (including phenoxy) is 1. The van der Waals surface area contributed by atoms with Crippen molar-refractivity contribution in [3.05, 3.63) is 24.3 Å². The Bertz CT molecular complexity index is 781. The SMILES string of the molecule is C[C@@H]1CCCN(C(=O)CSc2nnnn2-c2ccc(OC(F)(F)F)cc2)C1. The molecular weight excluding hydrogens is 383 g/mol. The summed E-state index contributed by atoms with van der Waals surface area (Å²) >= 11 is 1.19. The van der Waals surface area contributed by atoms with Gasteiger partial charge in [-0.25, -0.2) is 0 Å². The first-order valence-electron chi connectivity index (χ1n) is 8.37. The monoisotopic (exact) mass is 401 g/mol. The average Bonchev–Trinajstić information content (AvgIpc) is 3.07. The van der Waals surface area contributed by atoms with Gasteiger partial charge in [0.05, 0.1) is 11.4 Å². The number of tetrazole rings is 1. The Balaban J connectivity index is 1.63. The minimum Gasteiger partial charge on any atom is -0.406 e. The molecule has 0 aliphatic carbocycles. The van der Waals surface area contributed by atoms with Crippen molar-refractivity contribution in [3.63, 3.8) is 0 Å². The molecule has 7 nitrogen and oxygen atoms in total. The molecule has 1 aromatic heterocycles. The predicted octanol–water partition coefficient (Wildman–Crippen LogP) is 2.91. The Labute approximate surface area is 157 Å². The van der Waals surface area contributed by atoms with Crippen molar-refractivity contribution in [3.8, 4) is 11.4 Å². The molecule has 1 fully saturated rings. The quantitative estimate of drug-likeness (QED) is 0.718. The second-order valence-electron chi connectivity index (χ2n) is 6.29. The van der Waals surface area contributed by atoms with E-state index in [1.165, 1.54) is 40.7 Å². The van der Waals surface area contributed by atoms with E-state index in [-0.39, 0.29) is 17.4 Å². The van der Waals surface area contributed by atoms with Gasteiger partial charge in [-0.1, -0.05) is 18.7 Å². The van der Waals surface area contributed by atoms with Crippen molar-refractivity contribution >= 4 is 17.7 Å². The van der Waals surface area contributed by atoms with Crippen LogP contribution in [0.25, 0.3) is 5.69 Å². The molecule has 1 aromatic carbocycles. The highest BCUT2D eigenvalue weighted by molar-refractivity contribution is 7.99. The van der Waals surface area contributed by atoms with Crippen LogP contribution in [0, 0.1) is 5.92 Å². The van der Waals surface area contributed by atoms with E-state index >= 15 is 0 Å². The Morgan fingerprint density at radius 2 is 2.07 bits per heavy atom. The zero-order valence-corrected chi connectivity index (χ0v) is 15.3. The number of rotatable bonds is 5. The highest BCUT2D eigenvalue weighted by Crippen LogP contribution is 2.25. The van der Waals surface area contributed by atoms with Crippen molar-refractivity contribution in [1.29, 1.82) is 0 Å². The summed E-state index contributed by atoms with van der Waals surface area (Å²) in [6.45, 7) is 3.64. The van der Waals surface area contributed by atoms with Crippen LogP contribution in [-0.4, -0.2) is 56.2 Å². The highest BCUT2D eigenvalue weighted by atomic mass is 32.2. The van der Waals surface area contributed by atoms with Gasteiger partial charge in [0.1, 0.15) is 5.75 Å². The van der Waals surface area contributed by atoms with Crippen LogP contribution in [0.4, 0.5) is 13.2 Å². The third-order valence-corrected chi connectivity index (χ3v) is 4.99. The number of piperidine rings is 1. The van der Waals surface area contributed by atoms with Crippen LogP contribution in [0.2, 0.25) is 0 Å². The van der Waals surface area contributed by atoms with Crippen molar-refractivity contribution in [2.45, 2.75) is 31.3 Å². The first kappa shape index (κ1) is 19.5. The molecule has 146 valence electrons. The number of benzene rings is 1. The van der Waals surface area contributed by atoms with Gasteiger partial charge in [-0.15, -0.1) is 18.3 Å². The number of nitrogens with zero attached hydrogens (tertiary/aromatic N) is 5. The predicted molar refractivity (Wildman–Crippen MR) is 91.5 cm³/mol. The maximum absolute atomic E-state index is 12.4. The lowest BCUT2D eigenvalue weighted by Crippen LogP contribution is -2.40.